The van der Waals surface area contributed by atoms with Gasteiger partial charge in [-0.05, 0) is 6.42 Å². The fourth-order valence-corrected chi connectivity index (χ4v) is 2.61. The van der Waals surface area contributed by atoms with Crippen molar-refractivity contribution in [2.45, 2.75) is 56.4 Å². The Morgan fingerprint density at radius 3 is 2.25 bits per heavy atom. The molecule has 11 heteroatoms. The Morgan fingerprint density at radius 2 is 1.83 bits per heavy atom. The number of carboxylic acid groups (broad SMARTS) is 1. The molecule has 1 unspecified atom stereocenters. The topological polar surface area (TPSA) is 197 Å². The lowest BCUT2D eigenvalue weighted by molar-refractivity contribution is -0.232. The van der Waals surface area contributed by atoms with E-state index in [1.807, 2.05) is 0 Å². The van der Waals surface area contributed by atoms with Crippen LogP contribution in [-0.2, 0) is 19.1 Å². The van der Waals surface area contributed by atoms with Crippen molar-refractivity contribution in [1.82, 2.24) is 4.90 Å². The number of hydrogen-bond donors (Lipinski definition) is 6. The Morgan fingerprint density at radius 1 is 1.25 bits per heavy atom. The average Bonchev–Trinajstić information content (AvgIpc) is 2.49. The van der Waals surface area contributed by atoms with Crippen molar-refractivity contribution >= 4 is 17.8 Å². The van der Waals surface area contributed by atoms with Crippen LogP contribution >= 0.6 is 0 Å². The third-order valence-electron chi connectivity index (χ3n) is 3.87. The molecule has 0 spiro atoms. The van der Waals surface area contributed by atoms with Crippen LogP contribution in [0.3, 0.4) is 0 Å². The Balaban J connectivity index is 3.13. The Hall–Kier alpha value is -1.79. The van der Waals surface area contributed by atoms with E-state index in [1.165, 1.54) is 0 Å². The lowest BCUT2D eigenvalue weighted by Gasteiger charge is -2.46. The Bertz CT molecular complexity index is 486. The number of rotatable bonds is 7. The summed E-state index contributed by atoms with van der Waals surface area (Å²) in [5.41, 5.74) is 10.8. The normalized spacial score (nSPS) is 31.3. The SMILES string of the molecule is CC(=O)N(C1O[C@H](CO)[C@@H](O)[C@H](O)[C@H]1N)[C@@H](CCC(N)=O)C(=O)O. The zero-order valence-electron chi connectivity index (χ0n) is 13.1. The Labute approximate surface area is 137 Å². The van der Waals surface area contributed by atoms with Crippen molar-refractivity contribution in [1.29, 1.82) is 0 Å². The highest BCUT2D eigenvalue weighted by Gasteiger charge is 2.48. The van der Waals surface area contributed by atoms with Crippen LogP contribution in [0.15, 0.2) is 0 Å². The maximum absolute atomic E-state index is 12.0. The molecule has 0 aromatic carbocycles. The fourth-order valence-electron chi connectivity index (χ4n) is 2.61. The van der Waals surface area contributed by atoms with E-state index in [0.717, 1.165) is 11.8 Å². The minimum absolute atomic E-state index is 0.279. The smallest absolute Gasteiger partial charge is 0.326 e. The first-order chi connectivity index (χ1) is 11.1. The molecule has 1 rings (SSSR count). The number of carboxylic acids is 1. The average molecular weight is 349 g/mol. The number of primary amides is 1. The van der Waals surface area contributed by atoms with Crippen LogP contribution < -0.4 is 11.5 Å². The van der Waals surface area contributed by atoms with Gasteiger partial charge in [0.1, 0.15) is 24.4 Å². The van der Waals surface area contributed by atoms with Crippen molar-refractivity contribution < 1.29 is 39.5 Å². The number of amides is 2. The molecular weight excluding hydrogens is 326 g/mol. The monoisotopic (exact) mass is 349 g/mol. The van der Waals surface area contributed by atoms with E-state index < -0.39 is 61.0 Å². The maximum atomic E-state index is 12.0. The minimum Gasteiger partial charge on any atom is -0.480 e. The zero-order valence-corrected chi connectivity index (χ0v) is 13.1. The first-order valence-corrected chi connectivity index (χ1v) is 7.29. The summed E-state index contributed by atoms with van der Waals surface area (Å²) < 4.78 is 5.33. The summed E-state index contributed by atoms with van der Waals surface area (Å²) in [7, 11) is 0. The molecule has 0 aliphatic carbocycles. The molecule has 0 aromatic rings. The molecule has 0 radical (unpaired) electrons. The van der Waals surface area contributed by atoms with Crippen LogP contribution in [0.4, 0.5) is 0 Å². The largest absolute Gasteiger partial charge is 0.480 e. The number of carbonyl (C=O) groups excluding carboxylic acids is 2. The second-order valence-electron chi connectivity index (χ2n) is 5.59. The van der Waals surface area contributed by atoms with Gasteiger partial charge in [-0.2, -0.15) is 0 Å². The number of ether oxygens (including phenoxy) is 1. The van der Waals surface area contributed by atoms with Gasteiger partial charge in [0.05, 0.1) is 12.6 Å². The van der Waals surface area contributed by atoms with Gasteiger partial charge in [0.15, 0.2) is 6.23 Å². The first-order valence-electron chi connectivity index (χ1n) is 7.29. The number of aliphatic hydroxyl groups excluding tert-OH is 3. The number of carbonyl (C=O) groups is 3. The van der Waals surface area contributed by atoms with Crippen LogP contribution in [0.25, 0.3) is 0 Å². The summed E-state index contributed by atoms with van der Waals surface area (Å²) in [6.45, 7) is 0.397. The third-order valence-corrected chi connectivity index (χ3v) is 3.87. The predicted octanol–water partition coefficient (Wildman–Crippen LogP) is -3.68. The van der Waals surface area contributed by atoms with Gasteiger partial charge in [-0.3, -0.25) is 9.59 Å². The van der Waals surface area contributed by atoms with Crippen molar-refractivity contribution in [2.24, 2.45) is 11.5 Å². The van der Waals surface area contributed by atoms with E-state index in [1.54, 1.807) is 0 Å². The molecule has 1 saturated heterocycles. The number of aliphatic hydroxyl groups is 3. The van der Waals surface area contributed by atoms with Gasteiger partial charge in [-0.1, -0.05) is 0 Å². The molecule has 1 heterocycles. The van der Waals surface area contributed by atoms with Gasteiger partial charge in [-0.25, -0.2) is 4.79 Å². The summed E-state index contributed by atoms with van der Waals surface area (Å²) in [5.74, 6) is -2.89. The Kier molecular flexibility index (Phi) is 7.05. The predicted molar refractivity (Wildman–Crippen MR) is 78.1 cm³/mol. The molecule has 1 aliphatic rings. The molecule has 8 N–H and O–H groups in total. The molecule has 1 aliphatic heterocycles. The zero-order chi connectivity index (χ0) is 18.6. The van der Waals surface area contributed by atoms with Crippen LogP contribution in [0.2, 0.25) is 0 Å². The van der Waals surface area contributed by atoms with E-state index >= 15 is 0 Å². The molecular formula is C13H23N3O8. The van der Waals surface area contributed by atoms with Crippen molar-refractivity contribution in [3.05, 3.63) is 0 Å². The van der Waals surface area contributed by atoms with Gasteiger partial charge in [0, 0.05) is 13.3 Å². The van der Waals surface area contributed by atoms with Gasteiger partial charge < -0.3 is 41.5 Å². The highest BCUT2D eigenvalue weighted by atomic mass is 16.5. The molecule has 6 atom stereocenters. The number of nitrogens with zero attached hydrogens (tertiary/aromatic N) is 1. The van der Waals surface area contributed by atoms with Gasteiger partial charge in [0.2, 0.25) is 11.8 Å². The summed E-state index contributed by atoms with van der Waals surface area (Å²) >= 11 is 0. The molecule has 0 aromatic heterocycles. The van der Waals surface area contributed by atoms with Crippen molar-refractivity contribution in [3.8, 4) is 0 Å². The first kappa shape index (κ1) is 20.3. The van der Waals surface area contributed by atoms with Crippen LogP contribution in [-0.4, -0.2) is 86.3 Å². The summed E-state index contributed by atoms with van der Waals surface area (Å²) in [5, 5.41) is 38.3. The van der Waals surface area contributed by atoms with Gasteiger partial charge in [0.25, 0.3) is 0 Å². The molecule has 1 fully saturated rings. The van der Waals surface area contributed by atoms with Crippen molar-refractivity contribution in [3.63, 3.8) is 0 Å². The highest BCUT2D eigenvalue weighted by Crippen LogP contribution is 2.25. The van der Waals surface area contributed by atoms with Crippen LogP contribution in [0, 0.1) is 0 Å². The van der Waals surface area contributed by atoms with Gasteiger partial charge in [-0.15, -0.1) is 0 Å². The van der Waals surface area contributed by atoms with E-state index in [0.29, 0.717) is 0 Å². The van der Waals surface area contributed by atoms with E-state index in [2.05, 4.69) is 0 Å². The summed E-state index contributed by atoms with van der Waals surface area (Å²) in [6, 6.07) is -2.80. The second-order valence-corrected chi connectivity index (χ2v) is 5.59. The van der Waals surface area contributed by atoms with Crippen LogP contribution in [0.1, 0.15) is 19.8 Å². The third kappa shape index (κ3) is 4.39. The highest BCUT2D eigenvalue weighted by molar-refractivity contribution is 5.83. The minimum atomic E-state index is -1.55. The molecule has 138 valence electrons. The van der Waals surface area contributed by atoms with Crippen molar-refractivity contribution in [2.75, 3.05) is 6.61 Å². The number of aliphatic carboxylic acids is 1. The number of nitrogens with two attached hydrogens (primary N) is 2. The number of hydrogen-bond acceptors (Lipinski definition) is 8. The molecule has 11 nitrogen and oxygen atoms in total. The summed E-state index contributed by atoms with van der Waals surface area (Å²) in [6.07, 6.45) is -6.28. The lowest BCUT2D eigenvalue weighted by atomic mass is 9.95. The maximum Gasteiger partial charge on any atom is 0.326 e. The standard InChI is InChI=1S/C13H23N3O8/c1-5(18)16(6(13(22)23)2-3-8(14)19)12-9(15)11(21)10(20)7(4-17)24-12/h6-7,9-12,17,20-21H,2-4,15H2,1H3,(H2,14,19)(H,22,23)/t6-,7+,9+,10+,11+,12?/m0/s1. The summed E-state index contributed by atoms with van der Waals surface area (Å²) in [4.78, 5) is 35.2. The fraction of sp³-hybridized carbons (Fsp3) is 0.769. The van der Waals surface area contributed by atoms with Gasteiger partial charge >= 0.3 is 5.97 Å². The van der Waals surface area contributed by atoms with E-state index in [9.17, 15) is 34.8 Å². The van der Waals surface area contributed by atoms with E-state index in [-0.39, 0.29) is 12.8 Å². The second kappa shape index (κ2) is 8.35. The van der Waals surface area contributed by atoms with Crippen LogP contribution in [0.5, 0.6) is 0 Å². The quantitative estimate of drug-likeness (QED) is 0.268. The lowest BCUT2D eigenvalue weighted by Crippen LogP contribution is -2.68. The van der Waals surface area contributed by atoms with E-state index in [4.69, 9.17) is 16.2 Å². The molecule has 24 heavy (non-hydrogen) atoms. The molecule has 0 bridgehead atoms. The molecule has 0 saturated carbocycles. The molecule has 2 amide bonds.